The molecule has 0 atom stereocenters. The molecule has 62 heavy (non-hydrogen) atoms. The molecule has 0 saturated heterocycles. The lowest BCUT2D eigenvalue weighted by atomic mass is 9.94. The second-order valence-corrected chi connectivity index (χ2v) is 16.1. The van der Waals surface area contributed by atoms with Crippen LogP contribution in [0.3, 0.4) is 0 Å². The summed E-state index contributed by atoms with van der Waals surface area (Å²) in [6.45, 7) is 0. The monoisotopic (exact) mass is 789 g/mol. The highest BCUT2D eigenvalue weighted by atomic mass is 16.3. The summed E-state index contributed by atoms with van der Waals surface area (Å²) < 4.78 is 6.59. The number of nitrogens with zero attached hydrogens (tertiary/aromatic N) is 1. The number of benzene rings is 11. The van der Waals surface area contributed by atoms with Crippen LogP contribution < -0.4 is 4.90 Å². The maximum atomic E-state index is 6.59. The van der Waals surface area contributed by atoms with Crippen molar-refractivity contribution in [3.05, 3.63) is 237 Å². The molecule has 0 aliphatic rings. The molecule has 0 spiro atoms. The number of hydrogen-bond donors (Lipinski definition) is 0. The topological polar surface area (TPSA) is 16.4 Å². The minimum atomic E-state index is 0.877. The number of fused-ring (bicyclic) bond motifs is 6. The standard InChI is InChI=1S/C60H39NO/c1-2-17-45-39-59-56(38-44(45)16-1)60-55(29-13-31-58(60)62-59)54-26-7-8-30-57(54)61(49-23-10-22-47(37-49)53-28-12-19-42-15-4-6-25-51(42)53)48-34-32-40(33-35-48)43-20-9-21-46(36-43)52-27-11-18-41-14-3-5-24-50(41)52/h1-39H. The first-order valence-electron chi connectivity index (χ1n) is 21.2. The Hall–Kier alpha value is -8.20. The normalized spacial score (nSPS) is 11.5. The van der Waals surface area contributed by atoms with Crippen molar-refractivity contribution in [2.45, 2.75) is 0 Å². The van der Waals surface area contributed by atoms with Crippen molar-refractivity contribution in [2.75, 3.05) is 4.90 Å². The van der Waals surface area contributed by atoms with E-state index in [4.69, 9.17) is 4.42 Å². The number of para-hydroxylation sites is 1. The van der Waals surface area contributed by atoms with E-state index in [0.717, 1.165) is 55.7 Å². The van der Waals surface area contributed by atoms with Crippen LogP contribution in [0.4, 0.5) is 17.1 Å². The van der Waals surface area contributed by atoms with E-state index < -0.39 is 0 Å². The molecule has 0 N–H and O–H groups in total. The zero-order valence-corrected chi connectivity index (χ0v) is 33.9. The van der Waals surface area contributed by atoms with E-state index >= 15 is 0 Å². The summed E-state index contributed by atoms with van der Waals surface area (Å²) in [5.41, 5.74) is 14.4. The van der Waals surface area contributed by atoms with Gasteiger partial charge in [0.2, 0.25) is 0 Å². The van der Waals surface area contributed by atoms with Gasteiger partial charge in [0, 0.05) is 27.7 Å². The zero-order valence-electron chi connectivity index (χ0n) is 33.9. The van der Waals surface area contributed by atoms with Gasteiger partial charge in [-0.2, -0.15) is 0 Å². The summed E-state index contributed by atoms with van der Waals surface area (Å²) in [7, 11) is 0. The van der Waals surface area contributed by atoms with Crippen LogP contribution in [-0.2, 0) is 0 Å². The first-order chi connectivity index (χ1) is 30.7. The number of anilines is 3. The SMILES string of the molecule is c1cc(-c2ccc(N(c3cccc(-c4cccc5ccccc45)c3)c3ccccc3-c3cccc4oc5cc6ccccc6cc5c34)cc2)cc(-c2cccc3ccccc23)c1. The average molecular weight is 790 g/mol. The molecule has 0 saturated carbocycles. The van der Waals surface area contributed by atoms with E-state index in [0.29, 0.717) is 0 Å². The lowest BCUT2D eigenvalue weighted by Crippen LogP contribution is -2.11. The quantitative estimate of drug-likeness (QED) is 0.160. The lowest BCUT2D eigenvalue weighted by molar-refractivity contribution is 0.669. The fraction of sp³-hybridized carbons (Fsp3) is 0. The van der Waals surface area contributed by atoms with Gasteiger partial charge in [-0.25, -0.2) is 0 Å². The minimum absolute atomic E-state index is 0.877. The van der Waals surface area contributed by atoms with Crippen LogP contribution in [0, 0.1) is 0 Å². The van der Waals surface area contributed by atoms with Crippen molar-refractivity contribution in [1.29, 1.82) is 0 Å². The van der Waals surface area contributed by atoms with Gasteiger partial charge in [0.05, 0.1) is 5.69 Å². The van der Waals surface area contributed by atoms with Crippen LogP contribution in [0.15, 0.2) is 241 Å². The number of furan rings is 1. The fourth-order valence-electron chi connectivity index (χ4n) is 9.50. The Kier molecular flexibility index (Phi) is 8.53. The molecule has 1 heterocycles. The van der Waals surface area contributed by atoms with Gasteiger partial charge >= 0.3 is 0 Å². The van der Waals surface area contributed by atoms with Crippen molar-refractivity contribution >= 4 is 71.3 Å². The van der Waals surface area contributed by atoms with Crippen LogP contribution in [0.1, 0.15) is 0 Å². The zero-order chi connectivity index (χ0) is 41.0. The molecule has 0 radical (unpaired) electrons. The Balaban J connectivity index is 1.03. The van der Waals surface area contributed by atoms with Crippen LogP contribution in [-0.4, -0.2) is 0 Å². The highest BCUT2D eigenvalue weighted by Crippen LogP contribution is 2.46. The summed E-state index contributed by atoms with van der Waals surface area (Å²) in [5.74, 6) is 0. The van der Waals surface area contributed by atoms with Crippen LogP contribution >= 0.6 is 0 Å². The van der Waals surface area contributed by atoms with Gasteiger partial charge in [-0.3, -0.25) is 0 Å². The third-order valence-corrected chi connectivity index (χ3v) is 12.4. The molecule has 0 aliphatic carbocycles. The van der Waals surface area contributed by atoms with Gasteiger partial charge < -0.3 is 9.32 Å². The molecular formula is C60H39NO. The first kappa shape index (κ1) is 35.7. The van der Waals surface area contributed by atoms with Crippen molar-refractivity contribution in [3.8, 4) is 44.5 Å². The highest BCUT2D eigenvalue weighted by molar-refractivity contribution is 6.16. The predicted octanol–water partition coefficient (Wildman–Crippen LogP) is 17.2. The maximum absolute atomic E-state index is 6.59. The van der Waals surface area contributed by atoms with E-state index in [2.05, 4.69) is 241 Å². The molecule has 2 nitrogen and oxygen atoms in total. The fourth-order valence-corrected chi connectivity index (χ4v) is 9.50. The van der Waals surface area contributed by atoms with Gasteiger partial charge in [0.15, 0.2) is 0 Å². The van der Waals surface area contributed by atoms with Crippen molar-refractivity contribution in [2.24, 2.45) is 0 Å². The van der Waals surface area contributed by atoms with Crippen LogP contribution in [0.25, 0.3) is 98.8 Å². The smallest absolute Gasteiger partial charge is 0.136 e. The van der Waals surface area contributed by atoms with E-state index in [1.54, 1.807) is 0 Å². The van der Waals surface area contributed by atoms with Crippen molar-refractivity contribution < 1.29 is 4.42 Å². The molecule has 12 rings (SSSR count). The summed E-state index contributed by atoms with van der Waals surface area (Å²) >= 11 is 0. The maximum Gasteiger partial charge on any atom is 0.136 e. The Morgan fingerprint density at radius 1 is 0.274 bits per heavy atom. The summed E-state index contributed by atoms with van der Waals surface area (Å²) in [5, 5.41) is 9.56. The van der Waals surface area contributed by atoms with E-state index in [1.165, 1.54) is 60.1 Å². The molecular weight excluding hydrogens is 751 g/mol. The van der Waals surface area contributed by atoms with Crippen molar-refractivity contribution in [1.82, 2.24) is 0 Å². The molecule has 0 bridgehead atoms. The van der Waals surface area contributed by atoms with E-state index in [9.17, 15) is 0 Å². The average Bonchev–Trinajstić information content (AvgIpc) is 3.71. The molecule has 2 heteroatoms. The van der Waals surface area contributed by atoms with Gasteiger partial charge in [-0.1, -0.05) is 182 Å². The molecule has 0 aliphatic heterocycles. The Bertz CT molecular complexity index is 3640. The number of hydrogen-bond acceptors (Lipinski definition) is 2. The second-order valence-electron chi connectivity index (χ2n) is 16.1. The van der Waals surface area contributed by atoms with Gasteiger partial charge in [-0.15, -0.1) is 0 Å². The van der Waals surface area contributed by atoms with Gasteiger partial charge in [0.1, 0.15) is 11.2 Å². The van der Waals surface area contributed by atoms with Crippen LogP contribution in [0.5, 0.6) is 0 Å². The first-order valence-corrected chi connectivity index (χ1v) is 21.2. The van der Waals surface area contributed by atoms with E-state index in [1.807, 2.05) is 0 Å². The summed E-state index contributed by atoms with van der Waals surface area (Å²) in [6, 6.07) is 85.5. The molecule has 11 aromatic carbocycles. The summed E-state index contributed by atoms with van der Waals surface area (Å²) in [6.07, 6.45) is 0. The molecule has 290 valence electrons. The minimum Gasteiger partial charge on any atom is -0.456 e. The third kappa shape index (κ3) is 6.12. The third-order valence-electron chi connectivity index (χ3n) is 12.4. The van der Waals surface area contributed by atoms with Gasteiger partial charge in [0.25, 0.3) is 0 Å². The van der Waals surface area contributed by atoms with Crippen molar-refractivity contribution in [3.63, 3.8) is 0 Å². The molecule has 0 unspecified atom stereocenters. The molecule has 0 fully saturated rings. The van der Waals surface area contributed by atoms with E-state index in [-0.39, 0.29) is 0 Å². The molecule has 1 aromatic heterocycles. The summed E-state index contributed by atoms with van der Waals surface area (Å²) in [4.78, 5) is 2.41. The Labute approximate surface area is 360 Å². The largest absolute Gasteiger partial charge is 0.456 e. The van der Waals surface area contributed by atoms with Gasteiger partial charge in [-0.05, 0) is 126 Å². The number of rotatable bonds is 7. The molecule has 0 amide bonds. The highest BCUT2D eigenvalue weighted by Gasteiger charge is 2.21. The van der Waals surface area contributed by atoms with Crippen LogP contribution in [0.2, 0.25) is 0 Å². The Morgan fingerprint density at radius 2 is 0.806 bits per heavy atom. The second kappa shape index (κ2) is 14.8. The lowest BCUT2D eigenvalue weighted by Gasteiger charge is -2.28. The predicted molar refractivity (Wildman–Crippen MR) is 263 cm³/mol. The Morgan fingerprint density at radius 3 is 1.55 bits per heavy atom. The molecule has 12 aromatic rings.